The van der Waals surface area contributed by atoms with E-state index in [4.69, 9.17) is 16.3 Å². The standard InChI is InChI=1S/C20H13ClF3N3O2/c21-14-1-6-17-12(10-14)9-13(11-29-17)19(28)25-15-2-4-16(5-3-15)27-8-7-18(26-27)20(22,23)24/h1-10H,11H2,(H,25,28). The van der Waals surface area contributed by atoms with Crippen molar-refractivity contribution in [2.24, 2.45) is 0 Å². The largest absolute Gasteiger partial charge is 0.488 e. The first-order valence-corrected chi connectivity index (χ1v) is 8.85. The molecular weight excluding hydrogens is 407 g/mol. The molecule has 148 valence electrons. The number of rotatable bonds is 3. The third-order valence-electron chi connectivity index (χ3n) is 4.25. The fourth-order valence-corrected chi connectivity index (χ4v) is 2.99. The van der Waals surface area contributed by atoms with E-state index >= 15 is 0 Å². The lowest BCUT2D eigenvalue weighted by Crippen LogP contribution is -2.21. The number of carbonyl (C=O) groups excluding carboxylic acids is 1. The van der Waals surface area contributed by atoms with Crippen LogP contribution in [0, 0.1) is 0 Å². The Labute approximate surface area is 168 Å². The summed E-state index contributed by atoms with van der Waals surface area (Å²) in [6.07, 6.45) is -1.57. The maximum absolute atomic E-state index is 12.7. The number of aromatic nitrogens is 2. The quantitative estimate of drug-likeness (QED) is 0.653. The maximum Gasteiger partial charge on any atom is 0.435 e. The average Bonchev–Trinajstić information content (AvgIpc) is 3.18. The molecule has 9 heteroatoms. The van der Waals surface area contributed by atoms with Crippen LogP contribution < -0.4 is 10.1 Å². The molecule has 1 amide bonds. The van der Waals surface area contributed by atoms with Crippen molar-refractivity contribution in [3.05, 3.63) is 76.6 Å². The zero-order valence-electron chi connectivity index (χ0n) is 14.7. The van der Waals surface area contributed by atoms with Crippen molar-refractivity contribution in [3.8, 4) is 11.4 Å². The highest BCUT2D eigenvalue weighted by Crippen LogP contribution is 2.30. The van der Waals surface area contributed by atoms with Gasteiger partial charge in [-0.15, -0.1) is 0 Å². The van der Waals surface area contributed by atoms with E-state index in [0.29, 0.717) is 33.3 Å². The number of fused-ring (bicyclic) bond motifs is 1. The minimum absolute atomic E-state index is 0.117. The Balaban J connectivity index is 1.48. The number of carbonyl (C=O) groups is 1. The number of anilines is 1. The summed E-state index contributed by atoms with van der Waals surface area (Å²) in [5.74, 6) is 0.301. The van der Waals surface area contributed by atoms with Crippen LogP contribution in [-0.2, 0) is 11.0 Å². The first-order valence-electron chi connectivity index (χ1n) is 8.47. The van der Waals surface area contributed by atoms with E-state index in [0.717, 1.165) is 10.7 Å². The minimum atomic E-state index is -4.50. The molecule has 5 nitrogen and oxygen atoms in total. The van der Waals surface area contributed by atoms with E-state index < -0.39 is 11.9 Å². The van der Waals surface area contributed by atoms with Gasteiger partial charge in [0.25, 0.3) is 5.91 Å². The van der Waals surface area contributed by atoms with E-state index in [1.165, 1.54) is 6.20 Å². The van der Waals surface area contributed by atoms with Gasteiger partial charge in [-0.2, -0.15) is 18.3 Å². The Bertz CT molecular complexity index is 1100. The van der Waals surface area contributed by atoms with Gasteiger partial charge in [-0.05, 0) is 54.6 Å². The van der Waals surface area contributed by atoms with Crippen LogP contribution in [-0.4, -0.2) is 22.3 Å². The second-order valence-electron chi connectivity index (χ2n) is 6.28. The van der Waals surface area contributed by atoms with Gasteiger partial charge >= 0.3 is 6.18 Å². The van der Waals surface area contributed by atoms with Crippen molar-refractivity contribution in [2.45, 2.75) is 6.18 Å². The SMILES string of the molecule is O=C(Nc1ccc(-n2ccc(C(F)(F)F)n2)cc1)C1=Cc2cc(Cl)ccc2OC1. The lowest BCUT2D eigenvalue weighted by Gasteiger charge is -2.18. The van der Waals surface area contributed by atoms with Crippen LogP contribution in [0.1, 0.15) is 11.3 Å². The van der Waals surface area contributed by atoms with Gasteiger partial charge in [-0.3, -0.25) is 4.79 Å². The number of hydrogen-bond donors (Lipinski definition) is 1. The Morgan fingerprint density at radius 3 is 2.59 bits per heavy atom. The normalized spacial score (nSPS) is 13.3. The summed E-state index contributed by atoms with van der Waals surface area (Å²) in [5.41, 5.74) is 1.08. The topological polar surface area (TPSA) is 56.2 Å². The Hall–Kier alpha value is -3.26. The van der Waals surface area contributed by atoms with Crippen LogP contribution in [0.25, 0.3) is 11.8 Å². The number of amides is 1. The van der Waals surface area contributed by atoms with Gasteiger partial charge < -0.3 is 10.1 Å². The zero-order valence-corrected chi connectivity index (χ0v) is 15.5. The first-order chi connectivity index (χ1) is 13.8. The molecule has 0 saturated carbocycles. The van der Waals surface area contributed by atoms with Gasteiger partial charge in [-0.25, -0.2) is 4.68 Å². The van der Waals surface area contributed by atoms with Gasteiger partial charge in [0.1, 0.15) is 12.4 Å². The van der Waals surface area contributed by atoms with Gasteiger partial charge in [-0.1, -0.05) is 11.6 Å². The van der Waals surface area contributed by atoms with Crippen LogP contribution in [0.2, 0.25) is 5.02 Å². The van der Waals surface area contributed by atoms with Crippen molar-refractivity contribution in [1.29, 1.82) is 0 Å². The van der Waals surface area contributed by atoms with Crippen LogP contribution in [0.5, 0.6) is 5.75 Å². The molecule has 2 aromatic carbocycles. The van der Waals surface area contributed by atoms with Gasteiger partial charge in [0.2, 0.25) is 0 Å². The molecule has 0 fully saturated rings. The van der Waals surface area contributed by atoms with E-state index in [9.17, 15) is 18.0 Å². The molecule has 0 aliphatic carbocycles. The number of halogens is 4. The number of benzene rings is 2. The molecule has 1 aliphatic rings. The highest BCUT2D eigenvalue weighted by Gasteiger charge is 2.33. The molecule has 0 saturated heterocycles. The maximum atomic E-state index is 12.7. The number of nitrogens with zero attached hydrogens (tertiary/aromatic N) is 2. The van der Waals surface area contributed by atoms with Crippen molar-refractivity contribution in [1.82, 2.24) is 9.78 Å². The highest BCUT2D eigenvalue weighted by molar-refractivity contribution is 6.30. The van der Waals surface area contributed by atoms with Crippen molar-refractivity contribution >= 4 is 29.3 Å². The molecule has 0 unspecified atom stereocenters. The molecular formula is C20H13ClF3N3O2. The van der Waals surface area contributed by atoms with Crippen molar-refractivity contribution in [3.63, 3.8) is 0 Å². The average molecular weight is 420 g/mol. The molecule has 1 aromatic heterocycles. The summed E-state index contributed by atoms with van der Waals surface area (Å²) in [7, 11) is 0. The smallest absolute Gasteiger partial charge is 0.435 e. The first kappa shape index (κ1) is 19.1. The Morgan fingerprint density at radius 2 is 1.90 bits per heavy atom. The predicted molar refractivity (Wildman–Crippen MR) is 102 cm³/mol. The van der Waals surface area contributed by atoms with E-state index in [2.05, 4.69) is 10.4 Å². The molecule has 4 rings (SSSR count). The molecule has 0 atom stereocenters. The molecule has 0 spiro atoms. The Kier molecular flexibility index (Phi) is 4.79. The summed E-state index contributed by atoms with van der Waals surface area (Å²) in [4.78, 5) is 12.5. The number of nitrogens with one attached hydrogen (secondary N) is 1. The molecule has 3 aromatic rings. The van der Waals surface area contributed by atoms with E-state index in [1.54, 1.807) is 48.5 Å². The zero-order chi connectivity index (χ0) is 20.6. The van der Waals surface area contributed by atoms with E-state index in [1.807, 2.05) is 0 Å². The molecule has 29 heavy (non-hydrogen) atoms. The monoisotopic (exact) mass is 419 g/mol. The summed E-state index contributed by atoms with van der Waals surface area (Å²) >= 11 is 5.97. The molecule has 1 aliphatic heterocycles. The summed E-state index contributed by atoms with van der Waals surface area (Å²) in [5, 5.41) is 6.78. The van der Waals surface area contributed by atoms with Gasteiger partial charge in [0.05, 0.1) is 11.3 Å². The molecule has 0 radical (unpaired) electrons. The van der Waals surface area contributed by atoms with Gasteiger partial charge in [0.15, 0.2) is 5.69 Å². The predicted octanol–water partition coefficient (Wildman–Crippen LogP) is 4.96. The van der Waals surface area contributed by atoms with Crippen molar-refractivity contribution in [2.75, 3.05) is 11.9 Å². The summed E-state index contributed by atoms with van der Waals surface area (Å²) in [6.45, 7) is 0.117. The van der Waals surface area contributed by atoms with E-state index in [-0.39, 0.29) is 12.5 Å². The minimum Gasteiger partial charge on any atom is -0.488 e. The fourth-order valence-electron chi connectivity index (χ4n) is 2.81. The summed E-state index contributed by atoms with van der Waals surface area (Å²) < 4.78 is 44.7. The second kappa shape index (κ2) is 7.29. The van der Waals surface area contributed by atoms with Crippen molar-refractivity contribution < 1.29 is 22.7 Å². The number of ether oxygens (including phenoxy) is 1. The lowest BCUT2D eigenvalue weighted by molar-refractivity contribution is -0.141. The third-order valence-corrected chi connectivity index (χ3v) is 4.48. The second-order valence-corrected chi connectivity index (χ2v) is 6.72. The van der Waals surface area contributed by atoms with Crippen LogP contribution in [0.15, 0.2) is 60.3 Å². The molecule has 2 heterocycles. The highest BCUT2D eigenvalue weighted by atomic mass is 35.5. The lowest BCUT2D eigenvalue weighted by atomic mass is 10.1. The third kappa shape index (κ3) is 4.12. The fraction of sp³-hybridized carbons (Fsp3) is 0.100. The van der Waals surface area contributed by atoms with Gasteiger partial charge in [0, 0.05) is 22.5 Å². The molecule has 0 bridgehead atoms. The Morgan fingerprint density at radius 1 is 1.14 bits per heavy atom. The number of alkyl halides is 3. The van der Waals surface area contributed by atoms with Crippen LogP contribution >= 0.6 is 11.6 Å². The molecule has 1 N–H and O–H groups in total. The summed E-state index contributed by atoms with van der Waals surface area (Å²) in [6, 6.07) is 12.3. The van der Waals surface area contributed by atoms with Crippen LogP contribution in [0.4, 0.5) is 18.9 Å². The van der Waals surface area contributed by atoms with Crippen LogP contribution in [0.3, 0.4) is 0 Å². The number of hydrogen-bond acceptors (Lipinski definition) is 3.